The first kappa shape index (κ1) is 24.7. The maximum Gasteiger partial charge on any atom is 0.226 e. The summed E-state index contributed by atoms with van der Waals surface area (Å²) >= 11 is 0. The Kier molecular flexibility index (Phi) is 9.00. The molecule has 2 aromatic carbocycles. The SMILES string of the molecule is CCN(C(=O)C1CCOCC1)C(Cc1ccccc1)C1CCN(Cc2ccc(OC)cc2)CC1. The molecule has 2 aromatic rings. The summed E-state index contributed by atoms with van der Waals surface area (Å²) < 4.78 is 10.8. The van der Waals surface area contributed by atoms with Crippen LogP contribution in [0.4, 0.5) is 0 Å². The molecule has 0 bridgehead atoms. The number of ether oxygens (including phenoxy) is 2. The Balaban J connectivity index is 1.43. The van der Waals surface area contributed by atoms with E-state index in [1.54, 1.807) is 7.11 Å². The number of benzene rings is 2. The zero-order valence-electron chi connectivity index (χ0n) is 20.8. The molecule has 2 fully saturated rings. The normalized spacial score (nSPS) is 19.0. The van der Waals surface area contributed by atoms with Gasteiger partial charge in [0.05, 0.1) is 7.11 Å². The fourth-order valence-electron chi connectivity index (χ4n) is 5.60. The van der Waals surface area contributed by atoms with E-state index >= 15 is 0 Å². The van der Waals surface area contributed by atoms with Crippen molar-refractivity contribution in [3.63, 3.8) is 0 Å². The highest BCUT2D eigenvalue weighted by Gasteiger charge is 2.35. The van der Waals surface area contributed by atoms with Crippen LogP contribution >= 0.6 is 0 Å². The molecule has 2 heterocycles. The van der Waals surface area contributed by atoms with Crippen LogP contribution in [0.2, 0.25) is 0 Å². The lowest BCUT2D eigenvalue weighted by atomic mass is 9.83. The molecule has 0 aromatic heterocycles. The summed E-state index contributed by atoms with van der Waals surface area (Å²) in [5, 5.41) is 0. The van der Waals surface area contributed by atoms with Gasteiger partial charge >= 0.3 is 0 Å². The lowest BCUT2D eigenvalue weighted by molar-refractivity contribution is -0.142. The van der Waals surface area contributed by atoms with E-state index in [0.29, 0.717) is 25.0 Å². The van der Waals surface area contributed by atoms with Gasteiger partial charge in [-0.25, -0.2) is 0 Å². The van der Waals surface area contributed by atoms with E-state index in [9.17, 15) is 4.79 Å². The maximum atomic E-state index is 13.6. The van der Waals surface area contributed by atoms with Gasteiger partial charge in [-0.15, -0.1) is 0 Å². The van der Waals surface area contributed by atoms with Crippen molar-refractivity contribution in [3.8, 4) is 5.75 Å². The van der Waals surface area contributed by atoms with Crippen molar-refractivity contribution in [2.24, 2.45) is 11.8 Å². The lowest BCUT2D eigenvalue weighted by Gasteiger charge is -2.42. The second-order valence-electron chi connectivity index (χ2n) is 9.73. The predicted octanol–water partition coefficient (Wildman–Crippen LogP) is 4.79. The van der Waals surface area contributed by atoms with E-state index in [0.717, 1.165) is 64.0 Å². The zero-order chi connectivity index (χ0) is 23.8. The summed E-state index contributed by atoms with van der Waals surface area (Å²) in [7, 11) is 1.71. The number of carbonyl (C=O) groups is 1. The molecule has 2 aliphatic heterocycles. The van der Waals surface area contributed by atoms with Crippen molar-refractivity contribution in [1.29, 1.82) is 0 Å². The first-order chi connectivity index (χ1) is 16.7. The van der Waals surface area contributed by atoms with Gasteiger partial charge in [0.15, 0.2) is 0 Å². The second-order valence-corrected chi connectivity index (χ2v) is 9.73. The van der Waals surface area contributed by atoms with Crippen molar-refractivity contribution >= 4 is 5.91 Å². The summed E-state index contributed by atoms with van der Waals surface area (Å²) in [4.78, 5) is 18.4. The first-order valence-corrected chi connectivity index (χ1v) is 13.0. The van der Waals surface area contributed by atoms with Crippen LogP contribution < -0.4 is 4.74 Å². The van der Waals surface area contributed by atoms with Gasteiger partial charge in [0, 0.05) is 38.3 Å². The Bertz CT molecular complexity index is 872. The van der Waals surface area contributed by atoms with Gasteiger partial charge in [-0.05, 0) is 81.3 Å². The van der Waals surface area contributed by atoms with Crippen molar-refractivity contribution in [1.82, 2.24) is 9.80 Å². The highest BCUT2D eigenvalue weighted by atomic mass is 16.5. The fourth-order valence-corrected chi connectivity index (χ4v) is 5.60. The van der Waals surface area contributed by atoms with Gasteiger partial charge in [-0.3, -0.25) is 9.69 Å². The molecule has 2 aliphatic rings. The number of likely N-dealkylation sites (N-methyl/N-ethyl adjacent to an activating group) is 1. The molecule has 0 saturated carbocycles. The van der Waals surface area contributed by atoms with Gasteiger partial charge in [0.2, 0.25) is 5.91 Å². The minimum atomic E-state index is 0.113. The number of amides is 1. The first-order valence-electron chi connectivity index (χ1n) is 13.0. The Morgan fingerprint density at radius 2 is 1.68 bits per heavy atom. The highest BCUT2D eigenvalue weighted by molar-refractivity contribution is 5.79. The van der Waals surface area contributed by atoms with Gasteiger partial charge in [-0.2, -0.15) is 0 Å². The van der Waals surface area contributed by atoms with Crippen LogP contribution in [-0.4, -0.2) is 61.7 Å². The van der Waals surface area contributed by atoms with E-state index < -0.39 is 0 Å². The number of likely N-dealkylation sites (tertiary alicyclic amines) is 1. The summed E-state index contributed by atoms with van der Waals surface area (Å²) in [5.41, 5.74) is 2.65. The van der Waals surface area contributed by atoms with E-state index in [-0.39, 0.29) is 12.0 Å². The summed E-state index contributed by atoms with van der Waals surface area (Å²) in [6.07, 6.45) is 4.91. The molecule has 5 heteroatoms. The van der Waals surface area contributed by atoms with Crippen LogP contribution in [0.15, 0.2) is 54.6 Å². The largest absolute Gasteiger partial charge is 0.497 e. The molecule has 184 valence electrons. The smallest absolute Gasteiger partial charge is 0.226 e. The van der Waals surface area contributed by atoms with E-state index in [1.165, 1.54) is 11.1 Å². The molecule has 5 nitrogen and oxygen atoms in total. The van der Waals surface area contributed by atoms with Crippen LogP contribution in [0.25, 0.3) is 0 Å². The quantitative estimate of drug-likeness (QED) is 0.535. The molecule has 2 saturated heterocycles. The van der Waals surface area contributed by atoms with Crippen molar-refractivity contribution < 1.29 is 14.3 Å². The second kappa shape index (κ2) is 12.4. The van der Waals surface area contributed by atoms with E-state index in [4.69, 9.17) is 9.47 Å². The van der Waals surface area contributed by atoms with Crippen LogP contribution in [0.3, 0.4) is 0 Å². The third-order valence-corrected chi connectivity index (χ3v) is 7.62. The van der Waals surface area contributed by atoms with Crippen LogP contribution in [0.1, 0.15) is 43.7 Å². The topological polar surface area (TPSA) is 42.0 Å². The zero-order valence-corrected chi connectivity index (χ0v) is 20.8. The lowest BCUT2D eigenvalue weighted by Crippen LogP contribution is -2.51. The number of rotatable bonds is 9. The molecule has 1 unspecified atom stereocenters. The molecule has 1 amide bonds. The number of carbonyl (C=O) groups excluding carboxylic acids is 1. The van der Waals surface area contributed by atoms with Gasteiger partial charge in [-0.1, -0.05) is 42.5 Å². The van der Waals surface area contributed by atoms with Crippen molar-refractivity contribution in [3.05, 3.63) is 65.7 Å². The standard InChI is InChI=1S/C29H40N2O3/c1-3-31(29(32)26-15-19-34-20-16-26)28(21-23-7-5-4-6-8-23)25-13-17-30(18-14-25)22-24-9-11-27(33-2)12-10-24/h4-12,25-26,28H,3,13-22H2,1-2H3. The van der Waals surface area contributed by atoms with Gasteiger partial charge in [0.1, 0.15) is 5.75 Å². The molecule has 0 N–H and O–H groups in total. The number of nitrogens with zero attached hydrogens (tertiary/aromatic N) is 2. The number of piperidine rings is 1. The molecule has 0 radical (unpaired) electrons. The van der Waals surface area contributed by atoms with Gasteiger partial charge in [0.25, 0.3) is 0 Å². The average Bonchev–Trinajstić information content (AvgIpc) is 2.90. The summed E-state index contributed by atoms with van der Waals surface area (Å²) in [6.45, 7) is 7.46. The fraction of sp³-hybridized carbons (Fsp3) is 0.552. The number of hydrogen-bond donors (Lipinski definition) is 0. The Morgan fingerprint density at radius 1 is 1.00 bits per heavy atom. The molecular formula is C29H40N2O3. The van der Waals surface area contributed by atoms with Gasteiger partial charge < -0.3 is 14.4 Å². The average molecular weight is 465 g/mol. The molecule has 34 heavy (non-hydrogen) atoms. The van der Waals surface area contributed by atoms with E-state index in [2.05, 4.69) is 59.2 Å². The van der Waals surface area contributed by atoms with Crippen molar-refractivity contribution in [2.75, 3.05) is 40.0 Å². The Morgan fingerprint density at radius 3 is 2.29 bits per heavy atom. The molecule has 0 spiro atoms. The Labute approximate surface area is 205 Å². The monoisotopic (exact) mass is 464 g/mol. The minimum absolute atomic E-state index is 0.113. The predicted molar refractivity (Wildman–Crippen MR) is 136 cm³/mol. The number of hydrogen-bond acceptors (Lipinski definition) is 4. The molecule has 0 aliphatic carbocycles. The molecule has 4 rings (SSSR count). The highest BCUT2D eigenvalue weighted by Crippen LogP contribution is 2.30. The molecular weight excluding hydrogens is 424 g/mol. The van der Waals surface area contributed by atoms with Crippen molar-refractivity contribution in [2.45, 2.75) is 51.6 Å². The maximum absolute atomic E-state index is 13.6. The minimum Gasteiger partial charge on any atom is -0.497 e. The summed E-state index contributed by atoms with van der Waals surface area (Å²) in [5.74, 6) is 1.88. The van der Waals surface area contributed by atoms with Crippen LogP contribution in [-0.2, 0) is 22.5 Å². The third-order valence-electron chi connectivity index (χ3n) is 7.62. The molecule has 1 atom stereocenters. The number of methoxy groups -OCH3 is 1. The third kappa shape index (κ3) is 6.39. The summed E-state index contributed by atoms with van der Waals surface area (Å²) in [6, 6.07) is 19.4. The van der Waals surface area contributed by atoms with Crippen LogP contribution in [0.5, 0.6) is 5.75 Å². The van der Waals surface area contributed by atoms with Crippen LogP contribution in [0, 0.1) is 11.8 Å². The Hall–Kier alpha value is -2.37. The van der Waals surface area contributed by atoms with E-state index in [1.807, 2.05) is 12.1 Å².